The van der Waals surface area contributed by atoms with Crippen LogP contribution in [0.4, 0.5) is 0 Å². The number of rotatable bonds is 7. The summed E-state index contributed by atoms with van der Waals surface area (Å²) in [6, 6.07) is 12.9. The van der Waals surface area contributed by atoms with Crippen LogP contribution in [-0.2, 0) is 14.8 Å². The number of nitrogens with zero attached hydrogens (tertiary/aromatic N) is 2. The van der Waals surface area contributed by atoms with Crippen molar-refractivity contribution in [2.24, 2.45) is 11.8 Å². The van der Waals surface area contributed by atoms with Crippen molar-refractivity contribution in [2.75, 3.05) is 13.1 Å². The molecule has 2 heterocycles. The Morgan fingerprint density at radius 3 is 2.50 bits per heavy atom. The summed E-state index contributed by atoms with van der Waals surface area (Å²) in [5.74, 6) is 0.713. The highest BCUT2D eigenvalue weighted by molar-refractivity contribution is 7.89. The molecule has 0 aliphatic carbocycles. The second-order valence-electron chi connectivity index (χ2n) is 9.44. The molecule has 182 valence electrons. The summed E-state index contributed by atoms with van der Waals surface area (Å²) in [5.41, 5.74) is 3.85. The predicted molar refractivity (Wildman–Crippen MR) is 134 cm³/mol. The van der Waals surface area contributed by atoms with E-state index in [2.05, 4.69) is 24.1 Å². The van der Waals surface area contributed by atoms with Crippen LogP contribution in [-0.4, -0.2) is 41.7 Å². The third kappa shape index (κ3) is 4.88. The van der Waals surface area contributed by atoms with Gasteiger partial charge in [0.15, 0.2) is 0 Å². The lowest BCUT2D eigenvalue weighted by molar-refractivity contribution is -0.127. The number of aromatic amines is 1. The van der Waals surface area contributed by atoms with Crippen molar-refractivity contribution in [1.82, 2.24) is 19.6 Å². The number of imidazole rings is 1. The van der Waals surface area contributed by atoms with Crippen LogP contribution in [0, 0.1) is 25.7 Å². The summed E-state index contributed by atoms with van der Waals surface area (Å²) >= 11 is 0. The van der Waals surface area contributed by atoms with Crippen molar-refractivity contribution in [2.45, 2.75) is 57.9 Å². The van der Waals surface area contributed by atoms with E-state index in [1.807, 2.05) is 44.2 Å². The normalized spacial score (nSPS) is 17.5. The number of hydrogen-bond donors (Lipinski definition) is 2. The van der Waals surface area contributed by atoms with Gasteiger partial charge < -0.3 is 10.3 Å². The van der Waals surface area contributed by atoms with Crippen molar-refractivity contribution in [3.05, 3.63) is 59.4 Å². The minimum absolute atomic E-state index is 0.0333. The fourth-order valence-electron chi connectivity index (χ4n) is 4.49. The van der Waals surface area contributed by atoms with E-state index in [0.29, 0.717) is 30.8 Å². The number of fused-ring (bicyclic) bond motifs is 1. The van der Waals surface area contributed by atoms with Crippen molar-refractivity contribution in [1.29, 1.82) is 0 Å². The van der Waals surface area contributed by atoms with Crippen LogP contribution in [0.1, 0.15) is 56.1 Å². The molecular weight excluding hydrogens is 448 g/mol. The molecule has 1 aliphatic heterocycles. The van der Waals surface area contributed by atoms with Gasteiger partial charge in [0.25, 0.3) is 0 Å². The minimum Gasteiger partial charge on any atom is -0.346 e. The molecular formula is C26H34N4O3S. The van der Waals surface area contributed by atoms with Crippen molar-refractivity contribution in [3.63, 3.8) is 0 Å². The van der Waals surface area contributed by atoms with Crippen molar-refractivity contribution < 1.29 is 13.2 Å². The van der Waals surface area contributed by atoms with Crippen LogP contribution >= 0.6 is 0 Å². The second-order valence-corrected chi connectivity index (χ2v) is 11.4. The van der Waals surface area contributed by atoms with Gasteiger partial charge in [0.05, 0.1) is 22.0 Å². The van der Waals surface area contributed by atoms with Crippen LogP contribution in [0.2, 0.25) is 0 Å². The van der Waals surface area contributed by atoms with E-state index >= 15 is 0 Å². The predicted octanol–water partition coefficient (Wildman–Crippen LogP) is 4.48. The Kier molecular flexibility index (Phi) is 7.09. The van der Waals surface area contributed by atoms with E-state index < -0.39 is 10.0 Å². The van der Waals surface area contributed by atoms with Gasteiger partial charge in [-0.15, -0.1) is 0 Å². The highest BCUT2D eigenvalue weighted by Crippen LogP contribution is 2.28. The molecule has 1 amide bonds. The zero-order chi connectivity index (χ0) is 24.5. The molecule has 3 aromatic rings. The maximum absolute atomic E-state index is 13.2. The molecule has 2 unspecified atom stereocenters. The SMILES string of the molecule is CCC(C)C(NC(=O)C1CCN(S(=O)(=O)c2ccc(C)c(C)c2)CC1)c1nc2ccccc2[nH]1. The Balaban J connectivity index is 1.44. The Morgan fingerprint density at radius 1 is 1.15 bits per heavy atom. The maximum atomic E-state index is 13.2. The fourth-order valence-corrected chi connectivity index (χ4v) is 6.04. The molecule has 0 radical (unpaired) electrons. The standard InChI is InChI=1S/C26H34N4O3S/c1-5-17(2)24(25-27-22-8-6-7-9-23(22)28-25)29-26(31)20-12-14-30(15-13-20)34(32,33)21-11-10-18(3)19(4)16-21/h6-11,16-17,20,24H,5,12-15H2,1-4H3,(H,27,28)(H,29,31). The van der Waals surface area contributed by atoms with E-state index in [1.54, 1.807) is 12.1 Å². The summed E-state index contributed by atoms with van der Waals surface area (Å²) in [5, 5.41) is 3.21. The van der Waals surface area contributed by atoms with Crippen LogP contribution in [0.25, 0.3) is 11.0 Å². The average Bonchev–Trinajstić information content (AvgIpc) is 3.27. The number of hydrogen-bond acceptors (Lipinski definition) is 4. The number of carbonyl (C=O) groups is 1. The Morgan fingerprint density at radius 2 is 1.85 bits per heavy atom. The molecule has 0 bridgehead atoms. The van der Waals surface area contributed by atoms with Crippen LogP contribution in [0.15, 0.2) is 47.4 Å². The second kappa shape index (κ2) is 9.88. The van der Waals surface area contributed by atoms with Gasteiger partial charge in [0.1, 0.15) is 5.82 Å². The Hall–Kier alpha value is -2.71. The third-order valence-corrected chi connectivity index (χ3v) is 9.05. The average molecular weight is 483 g/mol. The molecule has 34 heavy (non-hydrogen) atoms. The topological polar surface area (TPSA) is 95.2 Å². The van der Waals surface area contributed by atoms with Gasteiger partial charge in [-0.25, -0.2) is 13.4 Å². The summed E-state index contributed by atoms with van der Waals surface area (Å²) in [4.78, 5) is 21.6. The molecule has 2 N–H and O–H groups in total. The van der Waals surface area contributed by atoms with Gasteiger partial charge in [-0.2, -0.15) is 4.31 Å². The molecule has 4 rings (SSSR count). The summed E-state index contributed by atoms with van der Waals surface area (Å²) < 4.78 is 27.7. The first-order valence-electron chi connectivity index (χ1n) is 12.0. The summed E-state index contributed by atoms with van der Waals surface area (Å²) in [6.07, 6.45) is 1.90. The number of piperidine rings is 1. The Labute approximate surface area is 202 Å². The molecule has 7 nitrogen and oxygen atoms in total. The maximum Gasteiger partial charge on any atom is 0.243 e. The number of aromatic nitrogens is 2. The smallest absolute Gasteiger partial charge is 0.243 e. The molecule has 1 fully saturated rings. The third-order valence-electron chi connectivity index (χ3n) is 7.15. The highest BCUT2D eigenvalue weighted by atomic mass is 32.2. The summed E-state index contributed by atoms with van der Waals surface area (Å²) in [6.45, 7) is 8.77. The lowest BCUT2D eigenvalue weighted by Gasteiger charge is -2.32. The largest absolute Gasteiger partial charge is 0.346 e. The monoisotopic (exact) mass is 482 g/mol. The minimum atomic E-state index is -3.56. The molecule has 1 aliphatic rings. The van der Waals surface area contributed by atoms with Gasteiger partial charge in [-0.3, -0.25) is 4.79 Å². The first-order chi connectivity index (χ1) is 16.2. The molecule has 1 aromatic heterocycles. The van der Waals surface area contributed by atoms with Gasteiger partial charge in [0.2, 0.25) is 15.9 Å². The van der Waals surface area contributed by atoms with Gasteiger partial charge in [0, 0.05) is 19.0 Å². The van der Waals surface area contributed by atoms with E-state index in [1.165, 1.54) is 4.31 Å². The zero-order valence-electron chi connectivity index (χ0n) is 20.3. The number of amides is 1. The molecule has 2 atom stereocenters. The van der Waals surface area contributed by atoms with Gasteiger partial charge >= 0.3 is 0 Å². The lowest BCUT2D eigenvalue weighted by Crippen LogP contribution is -2.44. The van der Waals surface area contributed by atoms with Crippen LogP contribution in [0.5, 0.6) is 0 Å². The number of carbonyl (C=O) groups excluding carboxylic acids is 1. The first kappa shape index (κ1) is 24.4. The zero-order valence-corrected chi connectivity index (χ0v) is 21.2. The molecule has 2 aromatic carbocycles. The Bertz CT molecular complexity index is 1240. The molecule has 1 saturated heterocycles. The van der Waals surface area contributed by atoms with Crippen molar-refractivity contribution >= 4 is 27.0 Å². The quantitative estimate of drug-likeness (QED) is 0.519. The number of H-pyrrole nitrogens is 1. The fraction of sp³-hybridized carbons (Fsp3) is 0.462. The number of nitrogens with one attached hydrogen (secondary N) is 2. The number of benzene rings is 2. The summed E-state index contributed by atoms with van der Waals surface area (Å²) in [7, 11) is -3.56. The number of para-hydroxylation sites is 2. The van der Waals surface area contributed by atoms with E-state index in [-0.39, 0.29) is 23.8 Å². The number of aryl methyl sites for hydroxylation is 2. The first-order valence-corrected chi connectivity index (χ1v) is 13.5. The van der Waals surface area contributed by atoms with Crippen molar-refractivity contribution in [3.8, 4) is 0 Å². The molecule has 0 saturated carbocycles. The van der Waals surface area contributed by atoms with Gasteiger partial charge in [-0.1, -0.05) is 38.5 Å². The highest BCUT2D eigenvalue weighted by Gasteiger charge is 2.34. The van der Waals surface area contributed by atoms with E-state index in [9.17, 15) is 13.2 Å². The van der Waals surface area contributed by atoms with Crippen LogP contribution in [0.3, 0.4) is 0 Å². The number of sulfonamides is 1. The van der Waals surface area contributed by atoms with Crippen LogP contribution < -0.4 is 5.32 Å². The molecule has 0 spiro atoms. The van der Waals surface area contributed by atoms with E-state index in [0.717, 1.165) is 34.4 Å². The van der Waals surface area contributed by atoms with Gasteiger partial charge in [-0.05, 0) is 68.0 Å². The van der Waals surface area contributed by atoms with E-state index in [4.69, 9.17) is 4.98 Å². The lowest BCUT2D eigenvalue weighted by atomic mass is 9.94. The molecule has 8 heteroatoms.